The van der Waals surface area contributed by atoms with Crippen molar-refractivity contribution in [3.63, 3.8) is 0 Å². The summed E-state index contributed by atoms with van der Waals surface area (Å²) in [4.78, 5) is 6.66. The summed E-state index contributed by atoms with van der Waals surface area (Å²) in [6.07, 6.45) is -51.2. The van der Waals surface area contributed by atoms with Crippen LogP contribution >= 0.6 is 19.4 Å². The van der Waals surface area contributed by atoms with Crippen molar-refractivity contribution in [2.24, 2.45) is 0 Å². The van der Waals surface area contributed by atoms with E-state index in [1.165, 1.54) is 39.6 Å². The third-order valence-electron chi connectivity index (χ3n) is 14.9. The molecule has 1 unspecified atom stereocenters. The quantitative estimate of drug-likeness (QED) is 0.0620. The van der Waals surface area contributed by atoms with Crippen LogP contribution in [-0.4, -0.2) is 22.8 Å². The summed E-state index contributed by atoms with van der Waals surface area (Å²) in [6.45, 7) is 0. The van der Waals surface area contributed by atoms with Gasteiger partial charge in [0.15, 0.2) is 0 Å². The topological polar surface area (TPSA) is 16.1 Å². The smallest absolute Gasteiger partial charge is 0.319 e. The molecule has 1 radical (unpaired) electrons. The monoisotopic (exact) mass is 1560 g/mol. The normalized spacial score (nSPS) is 14.3. The van der Waals surface area contributed by atoms with Crippen molar-refractivity contribution in [3.8, 4) is 10.6 Å². The molecule has 1 atom stereocenters. The van der Waals surface area contributed by atoms with Gasteiger partial charge in [0, 0.05) is 37.6 Å². The van der Waals surface area contributed by atoms with E-state index in [9.17, 15) is 105 Å². The van der Waals surface area contributed by atoms with Gasteiger partial charge in [-0.1, -0.05) is 115 Å². The van der Waals surface area contributed by atoms with Crippen LogP contribution in [0, 0.1) is 12.1 Å². The Hall–Kier alpha value is -7.19. The standard InChI is InChI=1S/C32H12BF24.C26H25N2PS.C6H4.Ir/c34-25(35,36)13-1-14(26(37,38)39)6-21(5-13)33(22-7-15(27(40,41)42)2-16(8-22)28(43,44)45,23-9-17(29(46,47)48)3-18(10-23)30(49,50)51)24-11-19(31(52,53)54)4-20(12-24)32(55,56)57;1-28(29(21-14-7-3-8-15-21)22-16-9-4-10-17-22)23-18-11-19-24-25(23)27-26(30-24)20-12-5-2-6-13-20;1-2-4-6-5-3-1;/h1-12H;2-10,12-17,23H,11,18-19H2,1H3;1-2,5-6H;/q-1;;-2;/p+1. The Balaban J connectivity index is 0.000000278. The summed E-state index contributed by atoms with van der Waals surface area (Å²) in [6, 6.07) is 37.2. The summed E-state index contributed by atoms with van der Waals surface area (Å²) in [5.41, 5.74) is -27.7. The molecule has 0 N–H and O–H groups in total. The van der Waals surface area contributed by atoms with Crippen LogP contribution in [0.4, 0.5) is 105 Å². The number of rotatable bonds is 9. The van der Waals surface area contributed by atoms with E-state index < -0.39 is 203 Å². The Bertz CT molecular complexity index is 3490. The predicted octanol–water partition coefficient (Wildman–Crippen LogP) is 18.4. The van der Waals surface area contributed by atoms with Gasteiger partial charge in [-0.25, -0.2) is 4.98 Å². The van der Waals surface area contributed by atoms with E-state index in [0.717, 1.165) is 11.4 Å². The van der Waals surface area contributed by atoms with Crippen LogP contribution in [0.1, 0.15) is 74.0 Å². The van der Waals surface area contributed by atoms with Crippen molar-refractivity contribution >= 4 is 58.0 Å². The SMILES string of the molecule is CN(C1CCCc2sc(-c3ccccc3)nc21)[PH+](c1ccccc1)c1ccccc1.FC(F)(F)c1cc([B-](c2cc(C(F)(F)F)cc(C(F)(F)F)c2)(c2cc(C(F)(F)F)cc(C(F)(F)F)c2)c2cc(C(F)(F)F)cc(C(F)(F)F)c2)cc(C(F)(F)F)c1.[Ir].[c-]1cc[c-]cc1. The second-order valence-electron chi connectivity index (χ2n) is 21.0. The molecular formula is C64H42BF24IrN2PS-2. The number of benzene rings is 8. The third kappa shape index (κ3) is 17.4. The Labute approximate surface area is 538 Å². The fourth-order valence-electron chi connectivity index (χ4n) is 10.8. The minimum Gasteiger partial charge on any atom is -0.319 e. The molecule has 2 nitrogen and oxygen atoms in total. The zero-order valence-corrected chi connectivity index (χ0v) is 51.6. The van der Waals surface area contributed by atoms with Gasteiger partial charge in [0.25, 0.3) is 0 Å². The van der Waals surface area contributed by atoms with Gasteiger partial charge in [-0.15, -0.1) is 11.3 Å². The fourth-order valence-corrected chi connectivity index (χ4v) is 14.7. The number of aryl methyl sites for hydroxylation is 1. The second kappa shape index (κ2) is 28.3. The average Bonchev–Trinajstić information content (AvgIpc) is 0.813. The minimum absolute atomic E-state index is 0. The molecule has 1 aliphatic carbocycles. The molecule has 9 aromatic rings. The number of fused-ring (bicyclic) bond motifs is 1. The molecule has 94 heavy (non-hydrogen) atoms. The number of halogens is 24. The van der Waals surface area contributed by atoms with E-state index in [1.807, 2.05) is 35.6 Å². The van der Waals surface area contributed by atoms with Crippen LogP contribution in [0.2, 0.25) is 0 Å². The summed E-state index contributed by atoms with van der Waals surface area (Å²) in [7, 11) is 1.24. The van der Waals surface area contributed by atoms with Crippen LogP contribution in [0.15, 0.2) is 188 Å². The average molecular weight is 1560 g/mol. The van der Waals surface area contributed by atoms with Crippen molar-refractivity contribution in [3.05, 3.63) is 255 Å². The van der Waals surface area contributed by atoms with Crippen molar-refractivity contribution in [2.45, 2.75) is 74.7 Å². The molecule has 0 fully saturated rings. The van der Waals surface area contributed by atoms with Crippen LogP contribution in [0.3, 0.4) is 0 Å². The Kier molecular flexibility index (Phi) is 22.3. The van der Waals surface area contributed by atoms with Crippen molar-refractivity contribution in [1.29, 1.82) is 0 Å². The summed E-state index contributed by atoms with van der Waals surface area (Å²) in [5, 5.41) is 4.03. The third-order valence-corrected chi connectivity index (χ3v) is 18.8. The second-order valence-corrected chi connectivity index (χ2v) is 24.7. The number of aromatic nitrogens is 1. The summed E-state index contributed by atoms with van der Waals surface area (Å²) in [5.74, 6) is 0. The largest absolute Gasteiger partial charge is 0.416 e. The van der Waals surface area contributed by atoms with Crippen LogP contribution < -0.4 is 32.5 Å². The maximum absolute atomic E-state index is 14.2. The van der Waals surface area contributed by atoms with E-state index in [1.54, 1.807) is 0 Å². The first kappa shape index (κ1) is 74.2. The van der Waals surface area contributed by atoms with E-state index in [0.29, 0.717) is 6.04 Å². The molecule has 30 heteroatoms. The molecule has 1 aromatic heterocycles. The molecule has 0 spiro atoms. The van der Waals surface area contributed by atoms with Gasteiger partial charge >= 0.3 is 49.4 Å². The number of hydrogen-bond acceptors (Lipinski definition) is 3. The molecule has 0 aliphatic heterocycles. The van der Waals surface area contributed by atoms with Crippen molar-refractivity contribution in [2.75, 3.05) is 7.05 Å². The number of nitrogens with zero attached hydrogens (tertiary/aromatic N) is 2. The van der Waals surface area contributed by atoms with Crippen LogP contribution in [-0.2, 0) is 75.9 Å². The van der Waals surface area contributed by atoms with Gasteiger partial charge in [-0.05, 0) is 67.8 Å². The Morgan fingerprint density at radius 2 is 0.670 bits per heavy atom. The van der Waals surface area contributed by atoms with Crippen molar-refractivity contribution in [1.82, 2.24) is 9.65 Å². The molecular weight excluding hydrogens is 1520 g/mol. The van der Waals surface area contributed by atoms with Crippen molar-refractivity contribution < 1.29 is 125 Å². The van der Waals surface area contributed by atoms with Crippen LogP contribution in [0.25, 0.3) is 10.6 Å². The number of thiazole rings is 1. The maximum Gasteiger partial charge on any atom is 0.416 e. The molecule has 10 rings (SSSR count). The number of alkyl halides is 24. The van der Waals surface area contributed by atoms with Gasteiger partial charge in [-0.3, -0.25) is 24.3 Å². The van der Waals surface area contributed by atoms with E-state index in [4.69, 9.17) is 4.98 Å². The van der Waals surface area contributed by atoms with Gasteiger partial charge in [0.2, 0.25) is 0 Å². The Morgan fingerprint density at radius 1 is 0.404 bits per heavy atom. The first-order valence-electron chi connectivity index (χ1n) is 27.0. The molecule has 501 valence electrons. The first-order valence-corrected chi connectivity index (χ1v) is 29.3. The Morgan fingerprint density at radius 3 is 0.926 bits per heavy atom. The molecule has 0 saturated heterocycles. The van der Waals surface area contributed by atoms with Gasteiger partial charge in [0.1, 0.15) is 29.8 Å². The number of hydrogen-bond donors (Lipinski definition) is 0. The zero-order chi connectivity index (χ0) is 68.5. The van der Waals surface area contributed by atoms with E-state index in [-0.39, 0.29) is 20.1 Å². The fraction of sp³-hybridized carbons (Fsp3) is 0.203. The molecule has 0 amide bonds. The maximum atomic E-state index is 14.2. The summed E-state index contributed by atoms with van der Waals surface area (Å²) < 4.78 is 343. The van der Waals surface area contributed by atoms with E-state index in [2.05, 4.69) is 115 Å². The zero-order valence-electron chi connectivity index (χ0n) is 47.4. The molecule has 8 aromatic carbocycles. The van der Waals surface area contributed by atoms with Gasteiger partial charge < -0.3 is 12.1 Å². The molecule has 1 aliphatic rings. The first-order chi connectivity index (χ1) is 43.1. The molecule has 1 heterocycles. The molecule has 0 saturated carbocycles. The predicted molar refractivity (Wildman–Crippen MR) is 306 cm³/mol. The summed E-state index contributed by atoms with van der Waals surface area (Å²) >= 11 is 1.89. The van der Waals surface area contributed by atoms with Crippen LogP contribution in [0.5, 0.6) is 0 Å². The molecule has 0 bridgehead atoms. The van der Waals surface area contributed by atoms with Gasteiger partial charge in [-0.2, -0.15) is 132 Å². The van der Waals surface area contributed by atoms with Gasteiger partial charge in [0.05, 0.1) is 56.2 Å². The van der Waals surface area contributed by atoms with E-state index >= 15 is 0 Å². The minimum atomic E-state index is -6.13.